The maximum Gasteiger partial charge on any atom is 0.268 e. The third-order valence-electron chi connectivity index (χ3n) is 7.01. The van der Waals surface area contributed by atoms with Crippen LogP contribution in [-0.2, 0) is 4.79 Å². The molecule has 0 radical (unpaired) electrons. The van der Waals surface area contributed by atoms with Crippen LogP contribution in [0.4, 0.5) is 0 Å². The molecule has 0 spiro atoms. The number of pyridine rings is 1. The Morgan fingerprint density at radius 2 is 2.06 bits per heavy atom. The molecular weight excluding hydrogens is 493 g/mol. The van der Waals surface area contributed by atoms with E-state index in [1.807, 2.05) is 12.1 Å². The molecule has 3 heterocycles. The van der Waals surface area contributed by atoms with Crippen LogP contribution in [-0.4, -0.2) is 44.2 Å². The molecular formula is C25H23Cl2N3O3S. The predicted octanol–water partition coefficient (Wildman–Crippen LogP) is 4.91. The molecule has 0 aromatic carbocycles. The van der Waals surface area contributed by atoms with Crippen molar-refractivity contribution in [1.82, 2.24) is 9.38 Å². The molecule has 3 aliphatic rings. The minimum absolute atomic E-state index is 0.0245. The normalized spacial score (nSPS) is 27.5. The van der Waals surface area contributed by atoms with E-state index < -0.39 is 0 Å². The van der Waals surface area contributed by atoms with E-state index in [9.17, 15) is 14.4 Å². The zero-order valence-electron chi connectivity index (χ0n) is 18.3. The van der Waals surface area contributed by atoms with Crippen LogP contribution >= 0.6 is 35.0 Å². The average Bonchev–Trinajstić information content (AvgIpc) is 3.34. The third kappa shape index (κ3) is 4.18. The minimum Gasteiger partial charge on any atom is -0.298 e. The number of allylic oxidation sites excluding steroid dienone is 4. The van der Waals surface area contributed by atoms with Gasteiger partial charge in [-0.3, -0.25) is 23.8 Å². The molecule has 4 atom stereocenters. The van der Waals surface area contributed by atoms with Gasteiger partial charge < -0.3 is 0 Å². The third-order valence-corrected chi connectivity index (χ3v) is 9.35. The van der Waals surface area contributed by atoms with Crippen molar-refractivity contribution in [3.8, 4) is 0 Å². The maximum atomic E-state index is 12.4. The fourth-order valence-electron chi connectivity index (χ4n) is 5.29. The summed E-state index contributed by atoms with van der Waals surface area (Å²) in [4.78, 5) is 43.2. The molecule has 0 N–H and O–H groups in total. The van der Waals surface area contributed by atoms with Crippen LogP contribution in [0.1, 0.15) is 48.0 Å². The lowest BCUT2D eigenvalue weighted by molar-refractivity contribution is -0.102. The first-order chi connectivity index (χ1) is 16.5. The smallest absolute Gasteiger partial charge is 0.268 e. The van der Waals surface area contributed by atoms with Gasteiger partial charge in [0.05, 0.1) is 12.1 Å². The number of carbonyl (C=O) groups excluding carboxylic acids is 2. The highest BCUT2D eigenvalue weighted by molar-refractivity contribution is 8.16. The van der Waals surface area contributed by atoms with Crippen molar-refractivity contribution in [2.75, 3.05) is 6.54 Å². The predicted molar refractivity (Wildman–Crippen MR) is 137 cm³/mol. The minimum atomic E-state index is -0.388. The number of aliphatic imine (C=N–C) groups is 1. The van der Waals surface area contributed by atoms with Gasteiger partial charge in [-0.05, 0) is 60.4 Å². The van der Waals surface area contributed by atoms with Gasteiger partial charge in [-0.15, -0.1) is 11.6 Å². The lowest BCUT2D eigenvalue weighted by Crippen LogP contribution is -2.37. The van der Waals surface area contributed by atoms with Gasteiger partial charge in [0.2, 0.25) is 0 Å². The van der Waals surface area contributed by atoms with Crippen LogP contribution in [0.25, 0.3) is 11.2 Å². The Hall–Kier alpha value is -2.22. The Kier molecular flexibility index (Phi) is 6.78. The zero-order valence-corrected chi connectivity index (χ0v) is 20.7. The molecule has 2 aromatic rings. The van der Waals surface area contributed by atoms with Crippen molar-refractivity contribution in [1.29, 1.82) is 0 Å². The average molecular weight is 516 g/mol. The van der Waals surface area contributed by atoms with Crippen LogP contribution < -0.4 is 5.56 Å². The topological polar surface area (TPSA) is 80.9 Å². The maximum absolute atomic E-state index is 12.4. The van der Waals surface area contributed by atoms with Crippen molar-refractivity contribution in [2.24, 2.45) is 16.8 Å². The molecule has 6 nitrogen and oxygen atoms in total. The number of nitrogens with zero attached hydrogens (tertiary/aromatic N) is 3. The number of thioether (sulfide) groups is 1. The Bertz CT molecular complexity index is 1320. The summed E-state index contributed by atoms with van der Waals surface area (Å²) in [5.41, 5.74) is 3.13. The highest BCUT2D eigenvalue weighted by Crippen LogP contribution is 2.48. The van der Waals surface area contributed by atoms with Gasteiger partial charge in [-0.25, -0.2) is 4.98 Å². The summed E-state index contributed by atoms with van der Waals surface area (Å²) in [5, 5.41) is 1.45. The number of hydrogen-bond donors (Lipinski definition) is 0. The highest BCUT2D eigenvalue weighted by Gasteiger charge is 2.41. The van der Waals surface area contributed by atoms with Crippen LogP contribution in [0.15, 0.2) is 51.0 Å². The van der Waals surface area contributed by atoms with E-state index in [-0.39, 0.29) is 33.6 Å². The van der Waals surface area contributed by atoms with Crippen molar-refractivity contribution >= 4 is 63.8 Å². The molecule has 0 amide bonds. The summed E-state index contributed by atoms with van der Waals surface area (Å²) in [5.74, 6) is 0.409. The quantitative estimate of drug-likeness (QED) is 0.417. The number of hydrogen-bond acceptors (Lipinski definition) is 6. The molecule has 1 aliphatic heterocycles. The summed E-state index contributed by atoms with van der Waals surface area (Å²) in [7, 11) is 0. The van der Waals surface area contributed by atoms with Gasteiger partial charge in [0.1, 0.15) is 10.7 Å². The number of aromatic nitrogens is 2. The van der Waals surface area contributed by atoms with Gasteiger partial charge in [0, 0.05) is 34.0 Å². The summed E-state index contributed by atoms with van der Waals surface area (Å²) >= 11 is 15.6. The molecule has 3 unspecified atom stereocenters. The largest absolute Gasteiger partial charge is 0.298 e. The van der Waals surface area contributed by atoms with E-state index in [1.165, 1.54) is 10.6 Å². The van der Waals surface area contributed by atoms with E-state index in [4.69, 9.17) is 23.2 Å². The van der Waals surface area contributed by atoms with Gasteiger partial charge in [-0.2, -0.15) is 0 Å². The van der Waals surface area contributed by atoms with Crippen molar-refractivity contribution in [3.63, 3.8) is 0 Å². The van der Waals surface area contributed by atoms with Crippen molar-refractivity contribution in [3.05, 3.63) is 62.7 Å². The second-order valence-electron chi connectivity index (χ2n) is 8.87. The van der Waals surface area contributed by atoms with E-state index in [1.54, 1.807) is 18.0 Å². The van der Waals surface area contributed by atoms with Gasteiger partial charge in [-0.1, -0.05) is 35.9 Å². The van der Waals surface area contributed by atoms with E-state index in [0.717, 1.165) is 60.1 Å². The van der Waals surface area contributed by atoms with Crippen molar-refractivity contribution in [2.45, 2.75) is 42.7 Å². The van der Waals surface area contributed by atoms with Gasteiger partial charge in [0.25, 0.3) is 5.56 Å². The molecule has 5 rings (SSSR count). The SMILES string of the molecule is O=CC1=NCC(C2CCC[C@@H](C3=CCCC(c4ccn5c(=O)c(C=O)cnc5c4)=C3Cl)C2Cl)S1. The van der Waals surface area contributed by atoms with Crippen LogP contribution in [0.5, 0.6) is 0 Å². The van der Waals surface area contributed by atoms with Gasteiger partial charge in [0.15, 0.2) is 12.6 Å². The Balaban J connectivity index is 1.44. The molecule has 2 aliphatic carbocycles. The Morgan fingerprint density at radius 3 is 2.82 bits per heavy atom. The first-order valence-electron chi connectivity index (χ1n) is 11.4. The number of rotatable bonds is 5. The molecule has 0 bridgehead atoms. The molecule has 1 saturated carbocycles. The number of fused-ring (bicyclic) bond motifs is 1. The van der Waals surface area contributed by atoms with E-state index in [2.05, 4.69) is 16.1 Å². The highest BCUT2D eigenvalue weighted by atomic mass is 35.5. The summed E-state index contributed by atoms with van der Waals surface area (Å²) in [6, 6.07) is 3.69. The molecule has 2 aromatic heterocycles. The molecule has 176 valence electrons. The zero-order chi connectivity index (χ0) is 23.8. The second kappa shape index (κ2) is 9.80. The molecule has 0 saturated heterocycles. The fourth-order valence-corrected chi connectivity index (χ4v) is 7.51. The number of halogens is 2. The lowest BCUT2D eigenvalue weighted by Gasteiger charge is -2.39. The fraction of sp³-hybridized carbons (Fsp3) is 0.400. The molecule has 1 fully saturated rings. The Morgan fingerprint density at radius 1 is 1.21 bits per heavy atom. The standard InChI is InChI=1S/C25H23Cl2N3O3S/c26-23-16(14-7-8-30-21(9-14)28-10-15(12-31)25(30)33)3-1-4-17(23)18-5-2-6-19(24(18)27)20-11-29-22(13-32)34-20/h4,7-10,12-13,18-20,24H,1-3,5-6,11H2/t18-,19?,20?,24?/m0/s1. The number of aldehydes is 2. The monoisotopic (exact) mass is 515 g/mol. The van der Waals surface area contributed by atoms with E-state index in [0.29, 0.717) is 23.5 Å². The molecule has 34 heavy (non-hydrogen) atoms. The first-order valence-corrected chi connectivity index (χ1v) is 13.1. The lowest BCUT2D eigenvalue weighted by atomic mass is 9.74. The molecule has 9 heteroatoms. The second-order valence-corrected chi connectivity index (χ2v) is 11.0. The number of carbonyl (C=O) groups is 2. The van der Waals surface area contributed by atoms with Gasteiger partial charge >= 0.3 is 0 Å². The van der Waals surface area contributed by atoms with E-state index >= 15 is 0 Å². The van der Waals surface area contributed by atoms with Crippen molar-refractivity contribution < 1.29 is 9.59 Å². The summed E-state index contributed by atoms with van der Waals surface area (Å²) < 4.78 is 1.37. The van der Waals surface area contributed by atoms with Crippen LogP contribution in [0.2, 0.25) is 0 Å². The number of alkyl halides is 1. The first kappa shape index (κ1) is 23.5. The summed E-state index contributed by atoms with van der Waals surface area (Å²) in [6.07, 6.45) is 11.2. The summed E-state index contributed by atoms with van der Waals surface area (Å²) in [6.45, 7) is 0.641. The van der Waals surface area contributed by atoms with Crippen LogP contribution in [0, 0.1) is 11.8 Å². The Labute approximate surface area is 211 Å². The van der Waals surface area contributed by atoms with Crippen LogP contribution in [0.3, 0.4) is 0 Å².